The molecule has 1 aromatic carbocycles. The molecule has 0 bridgehead atoms. The van der Waals surface area contributed by atoms with E-state index in [1.165, 1.54) is 36.9 Å². The second kappa shape index (κ2) is 5.51. The van der Waals surface area contributed by atoms with Gasteiger partial charge in [0.05, 0.1) is 6.10 Å². The van der Waals surface area contributed by atoms with E-state index in [0.29, 0.717) is 6.10 Å². The van der Waals surface area contributed by atoms with Crippen molar-refractivity contribution in [3.05, 3.63) is 29.8 Å². The maximum Gasteiger partial charge on any atom is 0.134 e. The minimum atomic E-state index is 0.0687. The molecule has 0 radical (unpaired) electrons. The van der Waals surface area contributed by atoms with Crippen molar-refractivity contribution in [2.45, 2.75) is 38.0 Å². The Balaban J connectivity index is 1.74. The predicted molar refractivity (Wildman–Crippen MR) is 78.3 cm³/mol. The van der Waals surface area contributed by atoms with Crippen molar-refractivity contribution in [1.82, 2.24) is 5.32 Å². The summed E-state index contributed by atoms with van der Waals surface area (Å²) >= 11 is 0. The first-order valence-corrected chi connectivity index (χ1v) is 7.40. The van der Waals surface area contributed by atoms with E-state index in [1.807, 2.05) is 0 Å². The number of fused-ring (bicyclic) bond motifs is 1. The Morgan fingerprint density at radius 1 is 1.21 bits per heavy atom. The molecule has 1 aliphatic heterocycles. The molecular weight excluding hydrogens is 236 g/mol. The molecule has 0 aromatic heterocycles. The van der Waals surface area contributed by atoms with E-state index in [2.05, 4.69) is 48.6 Å². The summed E-state index contributed by atoms with van der Waals surface area (Å²) < 4.78 is 6.28. The second-order valence-corrected chi connectivity index (χ2v) is 6.00. The molecule has 2 fully saturated rings. The van der Waals surface area contributed by atoms with Gasteiger partial charge in [0.25, 0.3) is 0 Å². The van der Waals surface area contributed by atoms with E-state index in [4.69, 9.17) is 4.74 Å². The minimum Gasteiger partial charge on any atom is -0.378 e. The standard InChI is InChI=1S/C16H24N2O/c1-18(2)14-8-5-7-12(10-14)16-17-11-13-6-3-4-9-15(13)19-16/h5,7-8,10,13,15-17H,3-4,6,9,11H2,1-2H3/t13-,15+,16?/m1/s1. The minimum absolute atomic E-state index is 0.0687. The number of hydrogen-bond acceptors (Lipinski definition) is 3. The number of nitrogens with zero attached hydrogens (tertiary/aromatic N) is 1. The summed E-state index contributed by atoms with van der Waals surface area (Å²) in [5.74, 6) is 0.724. The van der Waals surface area contributed by atoms with Crippen LogP contribution in [0.5, 0.6) is 0 Å². The Kier molecular flexibility index (Phi) is 3.76. The first kappa shape index (κ1) is 12.9. The number of nitrogens with one attached hydrogen (secondary N) is 1. The Hall–Kier alpha value is -1.06. The molecule has 1 saturated carbocycles. The van der Waals surface area contributed by atoms with Gasteiger partial charge in [0, 0.05) is 26.3 Å². The fourth-order valence-corrected chi connectivity index (χ4v) is 3.23. The average molecular weight is 260 g/mol. The highest BCUT2D eigenvalue weighted by Gasteiger charge is 2.33. The normalized spacial score (nSPS) is 30.7. The average Bonchev–Trinajstić information content (AvgIpc) is 2.47. The van der Waals surface area contributed by atoms with Crippen molar-refractivity contribution >= 4 is 5.69 Å². The number of ether oxygens (including phenoxy) is 1. The van der Waals surface area contributed by atoms with Crippen LogP contribution in [0.1, 0.15) is 37.5 Å². The third-order valence-corrected chi connectivity index (χ3v) is 4.41. The molecule has 3 atom stereocenters. The lowest BCUT2D eigenvalue weighted by Gasteiger charge is -2.40. The van der Waals surface area contributed by atoms with Gasteiger partial charge in [-0.15, -0.1) is 0 Å². The van der Waals surface area contributed by atoms with Crippen LogP contribution in [-0.2, 0) is 4.74 Å². The lowest BCUT2D eigenvalue weighted by atomic mass is 9.85. The van der Waals surface area contributed by atoms with Crippen LogP contribution in [0.15, 0.2) is 24.3 Å². The number of rotatable bonds is 2. The lowest BCUT2D eigenvalue weighted by Crippen LogP contribution is -2.45. The fourth-order valence-electron chi connectivity index (χ4n) is 3.23. The summed E-state index contributed by atoms with van der Waals surface area (Å²) in [6.45, 7) is 1.10. The first-order chi connectivity index (χ1) is 9.24. The van der Waals surface area contributed by atoms with E-state index in [1.54, 1.807) is 0 Å². The van der Waals surface area contributed by atoms with Gasteiger partial charge in [-0.25, -0.2) is 0 Å². The summed E-state index contributed by atoms with van der Waals surface area (Å²) in [6, 6.07) is 8.63. The zero-order chi connectivity index (χ0) is 13.2. The molecule has 19 heavy (non-hydrogen) atoms. The van der Waals surface area contributed by atoms with Crippen molar-refractivity contribution in [1.29, 1.82) is 0 Å². The molecule has 1 heterocycles. The van der Waals surface area contributed by atoms with Crippen LogP contribution in [0.3, 0.4) is 0 Å². The number of benzene rings is 1. The highest BCUT2D eigenvalue weighted by Crippen LogP contribution is 2.34. The molecule has 3 nitrogen and oxygen atoms in total. The molecule has 0 amide bonds. The van der Waals surface area contributed by atoms with E-state index in [-0.39, 0.29) is 6.23 Å². The van der Waals surface area contributed by atoms with E-state index >= 15 is 0 Å². The van der Waals surface area contributed by atoms with Crippen molar-refractivity contribution in [2.24, 2.45) is 5.92 Å². The molecule has 1 aliphatic carbocycles. The van der Waals surface area contributed by atoms with Gasteiger partial charge in [-0.05, 0) is 36.5 Å². The van der Waals surface area contributed by atoms with Crippen molar-refractivity contribution in [2.75, 3.05) is 25.5 Å². The highest BCUT2D eigenvalue weighted by atomic mass is 16.5. The first-order valence-electron chi connectivity index (χ1n) is 7.40. The Morgan fingerprint density at radius 3 is 2.89 bits per heavy atom. The van der Waals surface area contributed by atoms with Crippen LogP contribution in [0.25, 0.3) is 0 Å². The maximum absolute atomic E-state index is 6.28. The van der Waals surface area contributed by atoms with E-state index in [0.717, 1.165) is 12.5 Å². The molecule has 1 unspecified atom stereocenters. The summed E-state index contributed by atoms with van der Waals surface area (Å²) in [5.41, 5.74) is 2.48. The molecule has 2 aliphatic rings. The summed E-state index contributed by atoms with van der Waals surface area (Å²) in [4.78, 5) is 2.13. The van der Waals surface area contributed by atoms with Crippen LogP contribution in [0.2, 0.25) is 0 Å². The van der Waals surface area contributed by atoms with Gasteiger partial charge >= 0.3 is 0 Å². The van der Waals surface area contributed by atoms with Crippen molar-refractivity contribution in [3.8, 4) is 0 Å². The van der Waals surface area contributed by atoms with Gasteiger partial charge < -0.3 is 9.64 Å². The molecule has 3 rings (SSSR count). The van der Waals surface area contributed by atoms with Crippen LogP contribution in [0.4, 0.5) is 5.69 Å². The Morgan fingerprint density at radius 2 is 2.05 bits per heavy atom. The summed E-state index contributed by atoms with van der Waals surface area (Å²) in [6.07, 6.45) is 5.78. The summed E-state index contributed by atoms with van der Waals surface area (Å²) in [7, 11) is 4.15. The van der Waals surface area contributed by atoms with E-state index < -0.39 is 0 Å². The Bertz CT molecular complexity index is 433. The third kappa shape index (κ3) is 2.77. The number of hydrogen-bond donors (Lipinski definition) is 1. The molecule has 1 saturated heterocycles. The highest BCUT2D eigenvalue weighted by molar-refractivity contribution is 5.47. The van der Waals surface area contributed by atoms with Crippen molar-refractivity contribution in [3.63, 3.8) is 0 Å². The van der Waals surface area contributed by atoms with Crippen LogP contribution < -0.4 is 10.2 Å². The topological polar surface area (TPSA) is 24.5 Å². The molecule has 0 spiro atoms. The second-order valence-electron chi connectivity index (χ2n) is 6.00. The molecular formula is C16H24N2O. The lowest BCUT2D eigenvalue weighted by molar-refractivity contribution is -0.109. The zero-order valence-corrected chi connectivity index (χ0v) is 11.9. The maximum atomic E-state index is 6.28. The largest absolute Gasteiger partial charge is 0.378 e. The number of anilines is 1. The van der Waals surface area contributed by atoms with Crippen LogP contribution in [-0.4, -0.2) is 26.7 Å². The van der Waals surface area contributed by atoms with E-state index in [9.17, 15) is 0 Å². The smallest absolute Gasteiger partial charge is 0.134 e. The van der Waals surface area contributed by atoms with Crippen molar-refractivity contribution < 1.29 is 4.74 Å². The van der Waals surface area contributed by atoms with Gasteiger partial charge in [0.1, 0.15) is 6.23 Å². The summed E-state index contributed by atoms with van der Waals surface area (Å²) in [5, 5.41) is 3.56. The Labute approximate surface area is 115 Å². The van der Waals surface area contributed by atoms with Crippen LogP contribution >= 0.6 is 0 Å². The van der Waals surface area contributed by atoms with Crippen LogP contribution in [0, 0.1) is 5.92 Å². The fraction of sp³-hybridized carbons (Fsp3) is 0.625. The molecule has 3 heteroatoms. The SMILES string of the molecule is CN(C)c1cccc(C2NC[C@H]3CCCC[C@@H]3O2)c1. The molecule has 104 valence electrons. The predicted octanol–water partition coefficient (Wildman–Crippen LogP) is 2.93. The molecule has 1 N–H and O–H groups in total. The third-order valence-electron chi connectivity index (χ3n) is 4.41. The zero-order valence-electron chi connectivity index (χ0n) is 11.9. The quantitative estimate of drug-likeness (QED) is 0.885. The van der Waals surface area contributed by atoms with Gasteiger partial charge in [-0.2, -0.15) is 0 Å². The monoisotopic (exact) mass is 260 g/mol. The van der Waals surface area contributed by atoms with Gasteiger partial charge in [0.2, 0.25) is 0 Å². The van der Waals surface area contributed by atoms with Gasteiger partial charge in [0.15, 0.2) is 0 Å². The van der Waals surface area contributed by atoms with Gasteiger partial charge in [-0.1, -0.05) is 25.0 Å². The van der Waals surface area contributed by atoms with Gasteiger partial charge in [-0.3, -0.25) is 5.32 Å². The molecule has 1 aromatic rings.